The number of hydrogen-bond acceptors (Lipinski definition) is 5. The lowest BCUT2D eigenvalue weighted by molar-refractivity contribution is 0.102. The second kappa shape index (κ2) is 8.70. The van der Waals surface area contributed by atoms with Gasteiger partial charge < -0.3 is 5.32 Å². The SMILES string of the molecule is Cc1c(C(=O)Nc2ccc(SCc3cccnc3)cc2)cnn1-c1ccccn1. The van der Waals surface area contributed by atoms with E-state index in [0.717, 1.165) is 22.0 Å². The van der Waals surface area contributed by atoms with Gasteiger partial charge in [-0.05, 0) is 55.0 Å². The largest absolute Gasteiger partial charge is 0.322 e. The first kappa shape index (κ1) is 18.9. The summed E-state index contributed by atoms with van der Waals surface area (Å²) in [5, 5.41) is 7.23. The Bertz CT molecular complexity index is 1100. The minimum Gasteiger partial charge on any atom is -0.322 e. The van der Waals surface area contributed by atoms with Gasteiger partial charge in [0.25, 0.3) is 5.91 Å². The molecular formula is C22H19N5OS. The number of benzene rings is 1. The van der Waals surface area contributed by atoms with Crippen molar-refractivity contribution in [2.45, 2.75) is 17.6 Å². The van der Waals surface area contributed by atoms with Crippen molar-refractivity contribution < 1.29 is 4.79 Å². The van der Waals surface area contributed by atoms with Crippen LogP contribution in [-0.2, 0) is 5.75 Å². The Hall–Kier alpha value is -3.45. The van der Waals surface area contributed by atoms with Crippen molar-refractivity contribution in [3.05, 3.63) is 96.2 Å². The molecule has 7 heteroatoms. The summed E-state index contributed by atoms with van der Waals surface area (Å²) in [6, 6.07) is 17.4. The topological polar surface area (TPSA) is 72.7 Å². The molecule has 1 N–H and O–H groups in total. The fraction of sp³-hybridized carbons (Fsp3) is 0.0909. The Balaban J connectivity index is 1.40. The highest BCUT2D eigenvalue weighted by atomic mass is 32.2. The Labute approximate surface area is 173 Å². The van der Waals surface area contributed by atoms with Gasteiger partial charge in [-0.3, -0.25) is 9.78 Å². The molecule has 0 bridgehead atoms. The van der Waals surface area contributed by atoms with E-state index in [0.29, 0.717) is 11.4 Å². The van der Waals surface area contributed by atoms with E-state index in [4.69, 9.17) is 0 Å². The highest BCUT2D eigenvalue weighted by Crippen LogP contribution is 2.24. The number of anilines is 1. The molecule has 0 aliphatic carbocycles. The van der Waals surface area contributed by atoms with Crippen LogP contribution in [0.1, 0.15) is 21.6 Å². The lowest BCUT2D eigenvalue weighted by Crippen LogP contribution is -2.13. The fourth-order valence-corrected chi connectivity index (χ4v) is 3.66. The number of amides is 1. The lowest BCUT2D eigenvalue weighted by Gasteiger charge is -2.07. The number of nitrogens with one attached hydrogen (secondary N) is 1. The zero-order valence-electron chi connectivity index (χ0n) is 15.8. The molecule has 29 heavy (non-hydrogen) atoms. The minimum atomic E-state index is -0.194. The highest BCUT2D eigenvalue weighted by molar-refractivity contribution is 7.98. The third-order valence-corrected chi connectivity index (χ3v) is 5.44. The van der Waals surface area contributed by atoms with Crippen LogP contribution in [0, 0.1) is 6.92 Å². The lowest BCUT2D eigenvalue weighted by atomic mass is 10.2. The van der Waals surface area contributed by atoms with Gasteiger partial charge in [0.1, 0.15) is 0 Å². The molecule has 4 rings (SSSR count). The summed E-state index contributed by atoms with van der Waals surface area (Å²) in [7, 11) is 0. The van der Waals surface area contributed by atoms with E-state index < -0.39 is 0 Å². The quantitative estimate of drug-likeness (QED) is 0.481. The van der Waals surface area contributed by atoms with Crippen molar-refractivity contribution in [2.75, 3.05) is 5.32 Å². The maximum Gasteiger partial charge on any atom is 0.259 e. The molecule has 144 valence electrons. The maximum atomic E-state index is 12.7. The molecule has 3 heterocycles. The molecule has 1 amide bonds. The van der Waals surface area contributed by atoms with Gasteiger partial charge >= 0.3 is 0 Å². The molecule has 3 aromatic heterocycles. The van der Waals surface area contributed by atoms with E-state index in [9.17, 15) is 4.79 Å². The van der Waals surface area contributed by atoms with E-state index in [-0.39, 0.29) is 5.91 Å². The molecule has 1 aromatic carbocycles. The summed E-state index contributed by atoms with van der Waals surface area (Å²) >= 11 is 1.73. The molecule has 4 aromatic rings. The Kier molecular flexibility index (Phi) is 5.67. The van der Waals surface area contributed by atoms with Gasteiger partial charge in [0.15, 0.2) is 5.82 Å². The number of carbonyl (C=O) groups excluding carboxylic acids is 1. The number of nitrogens with zero attached hydrogens (tertiary/aromatic N) is 4. The number of carbonyl (C=O) groups is 1. The smallest absolute Gasteiger partial charge is 0.259 e. The average molecular weight is 401 g/mol. The van der Waals surface area contributed by atoms with Crippen LogP contribution in [0.5, 0.6) is 0 Å². The van der Waals surface area contributed by atoms with Crippen LogP contribution in [0.3, 0.4) is 0 Å². The van der Waals surface area contributed by atoms with Crippen LogP contribution in [0.25, 0.3) is 5.82 Å². The molecule has 0 saturated carbocycles. The third-order valence-electron chi connectivity index (χ3n) is 4.36. The van der Waals surface area contributed by atoms with Gasteiger partial charge in [-0.2, -0.15) is 5.10 Å². The molecule has 0 radical (unpaired) electrons. The number of thioether (sulfide) groups is 1. The zero-order valence-corrected chi connectivity index (χ0v) is 16.6. The highest BCUT2D eigenvalue weighted by Gasteiger charge is 2.15. The molecule has 0 aliphatic rings. The third kappa shape index (κ3) is 4.52. The molecule has 0 unspecified atom stereocenters. The van der Waals surface area contributed by atoms with E-state index >= 15 is 0 Å². The second-order valence-electron chi connectivity index (χ2n) is 6.37. The summed E-state index contributed by atoms with van der Waals surface area (Å²) in [5.74, 6) is 1.34. The van der Waals surface area contributed by atoms with Gasteiger partial charge in [0.05, 0.1) is 17.5 Å². The van der Waals surface area contributed by atoms with Crippen molar-refractivity contribution in [3.8, 4) is 5.82 Å². The Morgan fingerprint density at radius 3 is 2.62 bits per heavy atom. The van der Waals surface area contributed by atoms with Crippen molar-refractivity contribution >= 4 is 23.4 Å². The average Bonchev–Trinajstić information content (AvgIpc) is 3.16. The standard InChI is InChI=1S/C22H19N5OS/c1-16-20(14-25-27(16)21-6-2-3-12-24-21)22(28)26-18-7-9-19(10-8-18)29-15-17-5-4-11-23-13-17/h2-14H,15H2,1H3,(H,26,28). The number of rotatable bonds is 6. The van der Waals surface area contributed by atoms with Gasteiger partial charge in [-0.25, -0.2) is 9.67 Å². The molecule has 0 atom stereocenters. The van der Waals surface area contributed by atoms with Gasteiger partial charge in [0.2, 0.25) is 0 Å². The van der Waals surface area contributed by atoms with Crippen LogP contribution >= 0.6 is 11.8 Å². The first-order chi connectivity index (χ1) is 14.2. The summed E-state index contributed by atoms with van der Waals surface area (Å²) in [6.45, 7) is 1.86. The van der Waals surface area contributed by atoms with E-state index in [1.54, 1.807) is 35.0 Å². The number of aromatic nitrogens is 4. The maximum absolute atomic E-state index is 12.7. The minimum absolute atomic E-state index is 0.194. The van der Waals surface area contributed by atoms with Crippen LogP contribution in [-0.4, -0.2) is 25.7 Å². The van der Waals surface area contributed by atoms with Gasteiger partial charge in [-0.1, -0.05) is 12.1 Å². The molecule has 0 saturated heterocycles. The summed E-state index contributed by atoms with van der Waals surface area (Å²) in [5.41, 5.74) is 3.18. The first-order valence-electron chi connectivity index (χ1n) is 9.10. The first-order valence-corrected chi connectivity index (χ1v) is 10.1. The molecule has 0 spiro atoms. The van der Waals surface area contributed by atoms with E-state index in [1.165, 1.54) is 5.56 Å². The van der Waals surface area contributed by atoms with Crippen molar-refractivity contribution in [1.29, 1.82) is 0 Å². The van der Waals surface area contributed by atoms with Crippen molar-refractivity contribution in [1.82, 2.24) is 19.7 Å². The van der Waals surface area contributed by atoms with Crippen molar-refractivity contribution in [2.24, 2.45) is 0 Å². The van der Waals surface area contributed by atoms with Gasteiger partial charge in [-0.15, -0.1) is 11.8 Å². The van der Waals surface area contributed by atoms with E-state index in [2.05, 4.69) is 26.4 Å². The van der Waals surface area contributed by atoms with Crippen LogP contribution in [0.4, 0.5) is 5.69 Å². The van der Waals surface area contributed by atoms with Gasteiger partial charge in [0, 0.05) is 34.9 Å². The Morgan fingerprint density at radius 2 is 1.90 bits per heavy atom. The second-order valence-corrected chi connectivity index (χ2v) is 7.42. The predicted molar refractivity (Wildman–Crippen MR) is 114 cm³/mol. The summed E-state index contributed by atoms with van der Waals surface area (Å²) in [4.78, 5) is 22.2. The zero-order chi connectivity index (χ0) is 20.1. The van der Waals surface area contributed by atoms with Crippen LogP contribution in [0.15, 0.2) is 84.3 Å². The van der Waals surface area contributed by atoms with Crippen LogP contribution in [0.2, 0.25) is 0 Å². The van der Waals surface area contributed by atoms with E-state index in [1.807, 2.05) is 61.7 Å². The summed E-state index contributed by atoms with van der Waals surface area (Å²) < 4.78 is 1.66. The monoisotopic (exact) mass is 401 g/mol. The predicted octanol–water partition coefficient (Wildman–Crippen LogP) is 4.52. The molecular weight excluding hydrogens is 382 g/mol. The number of hydrogen-bond donors (Lipinski definition) is 1. The van der Waals surface area contributed by atoms with Crippen LogP contribution < -0.4 is 5.32 Å². The fourth-order valence-electron chi connectivity index (χ4n) is 2.83. The summed E-state index contributed by atoms with van der Waals surface area (Å²) in [6.07, 6.45) is 6.91. The Morgan fingerprint density at radius 1 is 1.03 bits per heavy atom. The van der Waals surface area contributed by atoms with Crippen molar-refractivity contribution in [3.63, 3.8) is 0 Å². The molecule has 0 aliphatic heterocycles. The normalized spacial score (nSPS) is 10.7. The molecule has 6 nitrogen and oxygen atoms in total. The molecule has 0 fully saturated rings. The number of pyridine rings is 2.